The zero-order valence-electron chi connectivity index (χ0n) is 7.69. The lowest BCUT2D eigenvalue weighted by Crippen LogP contribution is -2.42. The number of unbranched alkanes of at least 4 members (excludes halogenated alkanes) is 1. The number of carbonyl (C=O) groups excluding carboxylic acids is 1. The molecule has 2 nitrogen and oxygen atoms in total. The lowest BCUT2D eigenvalue weighted by molar-refractivity contribution is -0.183. The minimum absolute atomic E-state index is 0.301. The number of hydrogen-bond acceptors (Lipinski definition) is 2. The summed E-state index contributed by atoms with van der Waals surface area (Å²) >= 11 is 0. The fourth-order valence-corrected chi connectivity index (χ4v) is 1.26. The van der Waals surface area contributed by atoms with Crippen molar-refractivity contribution in [3.63, 3.8) is 0 Å². The molecular formula is C9H14F2O2. The van der Waals surface area contributed by atoms with E-state index in [1.54, 1.807) is 0 Å². The summed E-state index contributed by atoms with van der Waals surface area (Å²) in [5, 5.41) is 0. The number of halogens is 2. The molecule has 4 heteroatoms. The van der Waals surface area contributed by atoms with E-state index >= 15 is 0 Å². The first-order chi connectivity index (χ1) is 6.03. The molecule has 76 valence electrons. The van der Waals surface area contributed by atoms with Crippen LogP contribution in [0, 0.1) is 0 Å². The van der Waals surface area contributed by atoms with Crippen molar-refractivity contribution in [1.29, 1.82) is 0 Å². The fraction of sp³-hybridized carbons (Fsp3) is 0.889. The van der Waals surface area contributed by atoms with Crippen molar-refractivity contribution in [2.45, 2.75) is 51.1 Å². The minimum atomic E-state index is -2.60. The zero-order chi connectivity index (χ0) is 9.90. The quantitative estimate of drug-likeness (QED) is 0.640. The summed E-state index contributed by atoms with van der Waals surface area (Å²) in [6.07, 6.45) is 0.881. The van der Waals surface area contributed by atoms with Crippen molar-refractivity contribution in [1.82, 2.24) is 0 Å². The number of carbonyl (C=O) groups is 1. The van der Waals surface area contributed by atoms with Crippen molar-refractivity contribution in [3.8, 4) is 0 Å². The minimum Gasteiger partial charge on any atom is -0.462 e. The maximum atomic E-state index is 12.3. The molecule has 1 rings (SSSR count). The number of rotatable bonds is 4. The van der Waals surface area contributed by atoms with Crippen molar-refractivity contribution < 1.29 is 18.3 Å². The van der Waals surface area contributed by atoms with Crippen LogP contribution in [-0.4, -0.2) is 18.0 Å². The van der Waals surface area contributed by atoms with Crippen LogP contribution in [0.3, 0.4) is 0 Å². The molecule has 0 unspecified atom stereocenters. The van der Waals surface area contributed by atoms with Gasteiger partial charge in [-0.15, -0.1) is 0 Å². The van der Waals surface area contributed by atoms with E-state index in [2.05, 4.69) is 0 Å². The smallest absolute Gasteiger partial charge is 0.306 e. The summed E-state index contributed by atoms with van der Waals surface area (Å²) in [7, 11) is 0. The van der Waals surface area contributed by atoms with Crippen molar-refractivity contribution in [3.05, 3.63) is 0 Å². The summed E-state index contributed by atoms with van der Waals surface area (Å²) in [4.78, 5) is 10.9. The normalized spacial score (nSPS) is 20.8. The van der Waals surface area contributed by atoms with Crippen LogP contribution in [0.5, 0.6) is 0 Å². The van der Waals surface area contributed by atoms with Gasteiger partial charge in [0, 0.05) is 19.3 Å². The van der Waals surface area contributed by atoms with E-state index in [4.69, 9.17) is 4.74 Å². The molecule has 0 aromatic rings. The molecule has 0 amide bonds. The highest BCUT2D eigenvalue weighted by Crippen LogP contribution is 2.39. The van der Waals surface area contributed by atoms with E-state index < -0.39 is 12.0 Å². The van der Waals surface area contributed by atoms with Crippen LogP contribution in [0.15, 0.2) is 0 Å². The van der Waals surface area contributed by atoms with Crippen LogP contribution in [-0.2, 0) is 9.53 Å². The molecule has 0 aromatic heterocycles. The highest BCUT2D eigenvalue weighted by Gasteiger charge is 2.47. The Hall–Kier alpha value is -0.670. The largest absolute Gasteiger partial charge is 0.462 e. The summed E-state index contributed by atoms with van der Waals surface area (Å²) in [5.74, 6) is -2.95. The number of esters is 1. The van der Waals surface area contributed by atoms with Crippen LogP contribution in [0.1, 0.15) is 39.0 Å². The Morgan fingerprint density at radius 1 is 1.54 bits per heavy atom. The Morgan fingerprint density at radius 2 is 2.15 bits per heavy atom. The third kappa shape index (κ3) is 3.28. The third-order valence-corrected chi connectivity index (χ3v) is 2.09. The van der Waals surface area contributed by atoms with Gasteiger partial charge in [0.05, 0.1) is 0 Å². The second kappa shape index (κ2) is 4.03. The van der Waals surface area contributed by atoms with Crippen LogP contribution in [0.2, 0.25) is 0 Å². The molecule has 0 aromatic carbocycles. The molecule has 0 bridgehead atoms. The van der Waals surface area contributed by atoms with Crippen molar-refractivity contribution in [2.75, 3.05) is 0 Å². The predicted octanol–water partition coefficient (Wildman–Crippen LogP) is 2.52. The topological polar surface area (TPSA) is 26.3 Å². The van der Waals surface area contributed by atoms with Gasteiger partial charge in [0.25, 0.3) is 5.92 Å². The summed E-state index contributed by atoms with van der Waals surface area (Å²) in [6, 6.07) is 0. The van der Waals surface area contributed by atoms with E-state index in [9.17, 15) is 13.6 Å². The molecule has 13 heavy (non-hydrogen) atoms. The SMILES string of the molecule is CCCCC(=O)OC1CC(F)(F)C1. The van der Waals surface area contributed by atoms with E-state index in [0.717, 1.165) is 12.8 Å². The molecule has 0 heterocycles. The van der Waals surface area contributed by atoms with Gasteiger partial charge in [-0.05, 0) is 6.42 Å². The highest BCUT2D eigenvalue weighted by molar-refractivity contribution is 5.69. The molecule has 0 atom stereocenters. The zero-order valence-corrected chi connectivity index (χ0v) is 7.69. The second-order valence-corrected chi connectivity index (χ2v) is 3.48. The monoisotopic (exact) mass is 192 g/mol. The van der Waals surface area contributed by atoms with E-state index in [1.807, 2.05) is 6.92 Å². The second-order valence-electron chi connectivity index (χ2n) is 3.48. The summed E-state index contributed by atoms with van der Waals surface area (Å²) < 4.78 is 29.4. The van der Waals surface area contributed by atoms with Crippen LogP contribution in [0.25, 0.3) is 0 Å². The lowest BCUT2D eigenvalue weighted by atomic mass is 9.91. The maximum Gasteiger partial charge on any atom is 0.306 e. The Balaban J connectivity index is 2.10. The molecule has 1 saturated carbocycles. The van der Waals surface area contributed by atoms with Crippen LogP contribution >= 0.6 is 0 Å². The Kier molecular flexibility index (Phi) is 3.22. The van der Waals surface area contributed by atoms with Gasteiger partial charge in [-0.1, -0.05) is 13.3 Å². The highest BCUT2D eigenvalue weighted by atomic mass is 19.3. The van der Waals surface area contributed by atoms with Gasteiger partial charge < -0.3 is 4.74 Å². The van der Waals surface area contributed by atoms with Crippen LogP contribution in [0.4, 0.5) is 8.78 Å². The first-order valence-electron chi connectivity index (χ1n) is 4.61. The Labute approximate surface area is 76.3 Å². The Morgan fingerprint density at radius 3 is 2.62 bits per heavy atom. The van der Waals surface area contributed by atoms with Gasteiger partial charge >= 0.3 is 5.97 Å². The lowest BCUT2D eigenvalue weighted by Gasteiger charge is -2.34. The maximum absolute atomic E-state index is 12.3. The average Bonchev–Trinajstić information content (AvgIpc) is 1.97. The molecule has 0 aliphatic heterocycles. The van der Waals surface area contributed by atoms with E-state index in [0.29, 0.717) is 6.42 Å². The van der Waals surface area contributed by atoms with Crippen LogP contribution < -0.4 is 0 Å². The van der Waals surface area contributed by atoms with Gasteiger partial charge in [0.1, 0.15) is 6.10 Å². The Bertz CT molecular complexity index is 184. The first kappa shape index (κ1) is 10.4. The molecule has 1 aliphatic rings. The molecule has 0 N–H and O–H groups in total. The standard InChI is InChI=1S/C9H14F2O2/c1-2-3-4-8(12)13-7-5-9(10,11)6-7/h7H,2-6H2,1H3. The third-order valence-electron chi connectivity index (χ3n) is 2.09. The summed E-state index contributed by atoms with van der Waals surface area (Å²) in [5.41, 5.74) is 0. The molecular weight excluding hydrogens is 178 g/mol. The van der Waals surface area contributed by atoms with E-state index in [1.165, 1.54) is 0 Å². The molecule has 0 spiro atoms. The average molecular weight is 192 g/mol. The molecule has 1 fully saturated rings. The summed E-state index contributed by atoms with van der Waals surface area (Å²) in [6.45, 7) is 1.96. The van der Waals surface area contributed by atoms with Crippen molar-refractivity contribution >= 4 is 5.97 Å². The van der Waals surface area contributed by atoms with Gasteiger partial charge in [0.2, 0.25) is 0 Å². The number of alkyl halides is 2. The molecule has 0 saturated heterocycles. The number of hydrogen-bond donors (Lipinski definition) is 0. The molecule has 1 aliphatic carbocycles. The fourth-order valence-electron chi connectivity index (χ4n) is 1.26. The van der Waals surface area contributed by atoms with Gasteiger partial charge in [-0.25, -0.2) is 8.78 Å². The number of ether oxygens (including phenoxy) is 1. The van der Waals surface area contributed by atoms with Crippen molar-refractivity contribution in [2.24, 2.45) is 0 Å². The van der Waals surface area contributed by atoms with Gasteiger partial charge in [-0.3, -0.25) is 4.79 Å². The van der Waals surface area contributed by atoms with E-state index in [-0.39, 0.29) is 18.8 Å². The van der Waals surface area contributed by atoms with Gasteiger partial charge in [-0.2, -0.15) is 0 Å². The molecule has 0 radical (unpaired) electrons. The first-order valence-corrected chi connectivity index (χ1v) is 4.61. The predicted molar refractivity (Wildman–Crippen MR) is 43.6 cm³/mol. The van der Waals surface area contributed by atoms with Gasteiger partial charge in [0.15, 0.2) is 0 Å².